The molecular weight excluding hydrogens is 406 g/mol. The maximum absolute atomic E-state index is 12.0. The van der Waals surface area contributed by atoms with Crippen molar-refractivity contribution < 1.29 is 19.1 Å². The van der Waals surface area contributed by atoms with Crippen LogP contribution in [-0.4, -0.2) is 45.1 Å². The zero-order valence-electron chi connectivity index (χ0n) is 15.1. The lowest BCUT2D eigenvalue weighted by atomic mass is 10.0. The van der Waals surface area contributed by atoms with Gasteiger partial charge in [-0.15, -0.1) is 0 Å². The van der Waals surface area contributed by atoms with Crippen molar-refractivity contribution in [2.24, 2.45) is 0 Å². The number of hydrogen-bond donors (Lipinski definition) is 1. The first-order chi connectivity index (χ1) is 12.9. The lowest BCUT2D eigenvalue weighted by Gasteiger charge is -2.15. The molecule has 1 amide bonds. The molecule has 7 nitrogen and oxygen atoms in total. The van der Waals surface area contributed by atoms with Crippen molar-refractivity contribution in [3.05, 3.63) is 29.8 Å². The second-order valence-electron chi connectivity index (χ2n) is 5.52. The molecule has 144 valence electrons. The van der Waals surface area contributed by atoms with E-state index in [1.807, 2.05) is 6.26 Å². The van der Waals surface area contributed by atoms with Gasteiger partial charge in [0.25, 0.3) is 0 Å². The molecular formula is C17H19N3O4S3. The van der Waals surface area contributed by atoms with E-state index in [0.29, 0.717) is 17.3 Å². The Morgan fingerprint density at radius 3 is 2.48 bits per heavy atom. The third-order valence-corrected chi connectivity index (χ3v) is 5.82. The van der Waals surface area contributed by atoms with Crippen molar-refractivity contribution in [1.29, 1.82) is 0 Å². The summed E-state index contributed by atoms with van der Waals surface area (Å²) in [5.41, 5.74) is 0.858. The highest BCUT2D eigenvalue weighted by atomic mass is 32.2. The molecule has 10 heteroatoms. The fourth-order valence-electron chi connectivity index (χ4n) is 2.09. The maximum Gasteiger partial charge on any atom is 0.321 e. The Bertz CT molecular complexity index is 808. The predicted octanol–water partition coefficient (Wildman–Crippen LogP) is 2.59. The number of carbonyl (C=O) groups is 3. The smallest absolute Gasteiger partial charge is 0.321 e. The van der Waals surface area contributed by atoms with E-state index in [9.17, 15) is 14.4 Å². The SMILES string of the molecule is CSc1nsc(SCC(=O)Oc2ccc(C[C@H](NC(C)=O)C(C)=O)cc2)n1. The van der Waals surface area contributed by atoms with Crippen LogP contribution in [0.15, 0.2) is 33.8 Å². The van der Waals surface area contributed by atoms with Crippen LogP contribution < -0.4 is 10.1 Å². The van der Waals surface area contributed by atoms with E-state index in [0.717, 1.165) is 9.90 Å². The Morgan fingerprint density at radius 2 is 1.93 bits per heavy atom. The average Bonchev–Trinajstić information content (AvgIpc) is 3.09. The van der Waals surface area contributed by atoms with Crippen molar-refractivity contribution in [3.8, 4) is 5.75 Å². The summed E-state index contributed by atoms with van der Waals surface area (Å²) in [6.07, 6.45) is 2.27. The minimum absolute atomic E-state index is 0.112. The second-order valence-corrected chi connectivity index (χ2v) is 8.27. The van der Waals surface area contributed by atoms with Crippen molar-refractivity contribution in [3.63, 3.8) is 0 Å². The molecule has 0 saturated heterocycles. The number of thioether (sulfide) groups is 2. The molecule has 27 heavy (non-hydrogen) atoms. The van der Waals surface area contributed by atoms with Crippen LogP contribution >= 0.6 is 35.1 Å². The summed E-state index contributed by atoms with van der Waals surface area (Å²) in [5.74, 6) is -0.184. The summed E-state index contributed by atoms with van der Waals surface area (Å²) in [6, 6.07) is 6.30. The lowest BCUT2D eigenvalue weighted by Crippen LogP contribution is -2.40. The molecule has 1 aromatic heterocycles. The second kappa shape index (κ2) is 10.4. The number of nitrogens with one attached hydrogen (secondary N) is 1. The average molecular weight is 426 g/mol. The number of hydrogen-bond acceptors (Lipinski definition) is 9. The Hall–Kier alpha value is -1.91. The first-order valence-electron chi connectivity index (χ1n) is 7.95. The minimum atomic E-state index is -0.564. The summed E-state index contributed by atoms with van der Waals surface area (Å²) in [4.78, 5) is 39.0. The summed E-state index contributed by atoms with van der Waals surface area (Å²) >= 11 is 3.99. The molecule has 1 atom stereocenters. The summed E-state index contributed by atoms with van der Waals surface area (Å²) < 4.78 is 10.1. The molecule has 0 aliphatic carbocycles. The number of ketones is 1. The van der Waals surface area contributed by atoms with Gasteiger partial charge in [-0.05, 0) is 48.8 Å². The van der Waals surface area contributed by atoms with Crippen LogP contribution in [0, 0.1) is 0 Å². The molecule has 0 fully saturated rings. The van der Waals surface area contributed by atoms with E-state index in [2.05, 4.69) is 14.7 Å². The van der Waals surface area contributed by atoms with E-state index in [1.165, 1.54) is 48.9 Å². The topological polar surface area (TPSA) is 98.2 Å². The monoisotopic (exact) mass is 425 g/mol. The molecule has 0 aliphatic heterocycles. The highest BCUT2D eigenvalue weighted by Gasteiger charge is 2.16. The zero-order chi connectivity index (χ0) is 19.8. The van der Waals surface area contributed by atoms with Gasteiger partial charge in [-0.1, -0.05) is 35.7 Å². The van der Waals surface area contributed by atoms with Gasteiger partial charge < -0.3 is 10.1 Å². The van der Waals surface area contributed by atoms with Crippen LogP contribution in [-0.2, 0) is 20.8 Å². The number of amides is 1. The number of esters is 1. The number of ether oxygens (including phenoxy) is 1. The standard InChI is InChI=1S/C17H19N3O4S3/c1-10(21)14(18-11(2)22)8-12-4-6-13(7-5-12)24-15(23)9-26-17-19-16(25-3)20-27-17/h4-7,14H,8-9H2,1-3H3,(H,18,22)/t14-/m0/s1. The summed E-state index contributed by atoms with van der Waals surface area (Å²) in [7, 11) is 0. The third-order valence-electron chi connectivity index (χ3n) is 3.35. The van der Waals surface area contributed by atoms with Crippen LogP contribution in [0.1, 0.15) is 19.4 Å². The molecule has 0 radical (unpaired) electrons. The van der Waals surface area contributed by atoms with Gasteiger partial charge >= 0.3 is 5.97 Å². The summed E-state index contributed by atoms with van der Waals surface area (Å²) in [6.45, 7) is 2.81. The Kier molecular flexibility index (Phi) is 8.26. The first-order valence-corrected chi connectivity index (χ1v) is 10.9. The Balaban J connectivity index is 1.85. The van der Waals surface area contributed by atoms with Gasteiger partial charge in [-0.2, -0.15) is 4.37 Å². The maximum atomic E-state index is 12.0. The number of aromatic nitrogens is 2. The summed E-state index contributed by atoms with van der Waals surface area (Å²) in [5, 5.41) is 3.31. The van der Waals surface area contributed by atoms with E-state index in [1.54, 1.807) is 24.3 Å². The molecule has 0 aliphatic rings. The fourth-order valence-corrected chi connectivity index (χ4v) is 4.07. The van der Waals surface area contributed by atoms with Crippen molar-refractivity contribution >= 4 is 52.7 Å². The number of carbonyl (C=O) groups excluding carboxylic acids is 3. The van der Waals surface area contributed by atoms with Gasteiger partial charge in [0.2, 0.25) is 11.1 Å². The quantitative estimate of drug-likeness (QED) is 0.372. The third kappa shape index (κ3) is 7.31. The number of benzene rings is 1. The number of rotatable bonds is 9. The number of Topliss-reactive ketones (excluding diaryl/α,β-unsaturated/α-hetero) is 1. The van der Waals surface area contributed by atoms with E-state index >= 15 is 0 Å². The first kappa shape index (κ1) is 21.4. The largest absolute Gasteiger partial charge is 0.426 e. The predicted molar refractivity (Wildman–Crippen MR) is 106 cm³/mol. The molecule has 0 spiro atoms. The van der Waals surface area contributed by atoms with Crippen molar-refractivity contribution in [2.45, 2.75) is 35.8 Å². The molecule has 2 rings (SSSR count). The molecule has 1 heterocycles. The Morgan fingerprint density at radius 1 is 1.22 bits per heavy atom. The molecule has 1 N–H and O–H groups in total. The van der Waals surface area contributed by atoms with Crippen molar-refractivity contribution in [1.82, 2.24) is 14.7 Å². The normalized spacial score (nSPS) is 11.7. The molecule has 2 aromatic rings. The van der Waals surface area contributed by atoms with Gasteiger partial charge in [-0.3, -0.25) is 14.4 Å². The van der Waals surface area contributed by atoms with Gasteiger partial charge in [0.15, 0.2) is 10.1 Å². The van der Waals surface area contributed by atoms with Crippen LogP contribution in [0.25, 0.3) is 0 Å². The minimum Gasteiger partial charge on any atom is -0.426 e. The van der Waals surface area contributed by atoms with Crippen LogP contribution in [0.2, 0.25) is 0 Å². The van der Waals surface area contributed by atoms with Crippen LogP contribution in [0.4, 0.5) is 0 Å². The highest BCUT2D eigenvalue weighted by molar-refractivity contribution is 8.01. The molecule has 0 bridgehead atoms. The van der Waals surface area contributed by atoms with Crippen LogP contribution in [0.3, 0.4) is 0 Å². The Labute approximate surface area is 169 Å². The molecule has 1 aromatic carbocycles. The van der Waals surface area contributed by atoms with Gasteiger partial charge in [0.1, 0.15) is 5.75 Å². The van der Waals surface area contributed by atoms with E-state index < -0.39 is 6.04 Å². The van der Waals surface area contributed by atoms with Crippen LogP contribution in [0.5, 0.6) is 5.75 Å². The highest BCUT2D eigenvalue weighted by Crippen LogP contribution is 2.24. The number of nitrogens with zero attached hydrogens (tertiary/aromatic N) is 2. The van der Waals surface area contributed by atoms with Gasteiger partial charge in [-0.25, -0.2) is 4.98 Å². The van der Waals surface area contributed by atoms with E-state index in [-0.39, 0.29) is 23.4 Å². The molecule has 0 unspecified atom stereocenters. The van der Waals surface area contributed by atoms with Crippen molar-refractivity contribution in [2.75, 3.05) is 12.0 Å². The van der Waals surface area contributed by atoms with E-state index in [4.69, 9.17) is 4.74 Å². The fraction of sp³-hybridized carbons (Fsp3) is 0.353. The lowest BCUT2D eigenvalue weighted by molar-refractivity contribution is -0.131. The molecule has 0 saturated carbocycles. The zero-order valence-corrected chi connectivity index (χ0v) is 17.5. The van der Waals surface area contributed by atoms with Gasteiger partial charge in [0, 0.05) is 6.92 Å². The van der Waals surface area contributed by atoms with Gasteiger partial charge in [0.05, 0.1) is 11.8 Å².